The molecule has 5 nitrogen and oxygen atoms in total. The van der Waals surface area contributed by atoms with Crippen LogP contribution in [0.1, 0.15) is 42.1 Å². The fourth-order valence-corrected chi connectivity index (χ4v) is 4.01. The number of benzene rings is 2. The maximum Gasteiger partial charge on any atom is 0.251 e. The quantitative estimate of drug-likeness (QED) is 0.636. The number of fused-ring (bicyclic) bond motifs is 1. The highest BCUT2D eigenvalue weighted by Crippen LogP contribution is 2.33. The molecule has 152 valence electrons. The Balaban J connectivity index is 1.32. The van der Waals surface area contributed by atoms with Crippen LogP contribution in [-0.2, 0) is 0 Å². The second-order valence-corrected chi connectivity index (χ2v) is 7.92. The van der Waals surface area contributed by atoms with Crippen molar-refractivity contribution in [2.45, 2.75) is 31.7 Å². The van der Waals surface area contributed by atoms with Crippen molar-refractivity contribution in [1.82, 2.24) is 15.1 Å². The topological polar surface area (TPSA) is 67.2 Å². The van der Waals surface area contributed by atoms with Crippen molar-refractivity contribution in [2.24, 2.45) is 5.92 Å². The molecule has 0 spiro atoms. The van der Waals surface area contributed by atoms with Crippen molar-refractivity contribution < 1.29 is 18.7 Å². The molecular formula is C21H20ClF2N3O2. The number of amides is 1. The lowest BCUT2D eigenvalue weighted by Crippen LogP contribution is -2.31. The number of carbonyl (C=O) groups excluding carboxylic acids is 1. The van der Waals surface area contributed by atoms with Crippen LogP contribution < -0.4 is 5.32 Å². The Morgan fingerprint density at radius 2 is 1.86 bits per heavy atom. The fraction of sp³-hybridized carbons (Fsp3) is 0.333. The van der Waals surface area contributed by atoms with E-state index in [1.54, 1.807) is 0 Å². The Labute approximate surface area is 171 Å². The number of carbonyl (C=O) groups is 1. The number of halogens is 3. The summed E-state index contributed by atoms with van der Waals surface area (Å²) in [6.07, 6.45) is 5.74. The smallest absolute Gasteiger partial charge is 0.251 e. The van der Waals surface area contributed by atoms with E-state index in [2.05, 4.69) is 10.4 Å². The molecule has 1 heterocycles. The molecule has 4 rings (SSSR count). The van der Waals surface area contributed by atoms with Crippen LogP contribution in [0.4, 0.5) is 8.78 Å². The van der Waals surface area contributed by atoms with Gasteiger partial charge in [0.15, 0.2) is 17.4 Å². The van der Waals surface area contributed by atoms with Crippen LogP contribution in [0.3, 0.4) is 0 Å². The monoisotopic (exact) mass is 419 g/mol. The molecule has 2 aromatic carbocycles. The zero-order valence-electron chi connectivity index (χ0n) is 15.5. The first kappa shape index (κ1) is 19.6. The number of aromatic hydroxyl groups is 1. The Bertz CT molecular complexity index is 1040. The van der Waals surface area contributed by atoms with Crippen LogP contribution in [0.25, 0.3) is 10.9 Å². The van der Waals surface area contributed by atoms with Crippen molar-refractivity contribution in [3.8, 4) is 5.75 Å². The summed E-state index contributed by atoms with van der Waals surface area (Å²) in [5.41, 5.74) is 0.730. The Morgan fingerprint density at radius 1 is 1.17 bits per heavy atom. The number of hydrogen-bond donors (Lipinski definition) is 2. The molecule has 0 bridgehead atoms. The van der Waals surface area contributed by atoms with E-state index in [4.69, 9.17) is 16.7 Å². The Hall–Kier alpha value is -2.67. The van der Waals surface area contributed by atoms with Crippen molar-refractivity contribution in [2.75, 3.05) is 6.54 Å². The molecule has 1 aromatic heterocycles. The van der Waals surface area contributed by atoms with E-state index in [0.717, 1.165) is 48.7 Å². The fourth-order valence-electron chi connectivity index (χ4n) is 3.84. The van der Waals surface area contributed by atoms with Gasteiger partial charge in [0.2, 0.25) is 0 Å². The lowest BCUT2D eigenvalue weighted by atomic mass is 9.86. The summed E-state index contributed by atoms with van der Waals surface area (Å²) < 4.78 is 28.8. The maximum absolute atomic E-state index is 13.4. The van der Waals surface area contributed by atoms with Crippen molar-refractivity contribution in [3.63, 3.8) is 0 Å². The first-order chi connectivity index (χ1) is 13.9. The lowest BCUT2D eigenvalue weighted by molar-refractivity contribution is 0.0940. The number of nitrogens with zero attached hydrogens (tertiary/aromatic N) is 2. The minimum absolute atomic E-state index is 0.145. The van der Waals surface area contributed by atoms with Gasteiger partial charge in [-0.05, 0) is 61.9 Å². The zero-order chi connectivity index (χ0) is 20.5. The molecule has 29 heavy (non-hydrogen) atoms. The average Bonchev–Trinajstić information content (AvgIpc) is 3.13. The van der Waals surface area contributed by atoms with Gasteiger partial charge in [0, 0.05) is 28.7 Å². The van der Waals surface area contributed by atoms with Crippen molar-refractivity contribution in [3.05, 3.63) is 58.7 Å². The second kappa shape index (κ2) is 7.99. The van der Waals surface area contributed by atoms with Crippen LogP contribution in [0.15, 0.2) is 36.5 Å². The van der Waals surface area contributed by atoms with Gasteiger partial charge in [0.25, 0.3) is 5.91 Å². The van der Waals surface area contributed by atoms with E-state index in [1.165, 1.54) is 0 Å². The number of hydrogen-bond acceptors (Lipinski definition) is 3. The number of rotatable bonds is 4. The van der Waals surface area contributed by atoms with Gasteiger partial charge in [-0.2, -0.15) is 5.10 Å². The molecule has 0 saturated heterocycles. The first-order valence-corrected chi connectivity index (χ1v) is 9.89. The number of phenolic OH excluding ortho intramolecular Hbond substituents is 1. The molecule has 3 aromatic rings. The highest BCUT2D eigenvalue weighted by molar-refractivity contribution is 6.31. The predicted octanol–water partition coefficient (Wildman–Crippen LogP) is 4.83. The Morgan fingerprint density at radius 3 is 2.55 bits per heavy atom. The summed E-state index contributed by atoms with van der Waals surface area (Å²) >= 11 is 6.02. The third-order valence-corrected chi connectivity index (χ3v) is 5.74. The minimum Gasteiger partial charge on any atom is -0.503 e. The summed E-state index contributed by atoms with van der Waals surface area (Å²) in [6.45, 7) is 0.437. The number of phenols is 1. The van der Waals surface area contributed by atoms with Crippen LogP contribution in [0.2, 0.25) is 5.02 Å². The Kier molecular flexibility index (Phi) is 5.41. The van der Waals surface area contributed by atoms with Gasteiger partial charge in [-0.15, -0.1) is 0 Å². The van der Waals surface area contributed by atoms with Crippen LogP contribution in [0.5, 0.6) is 5.75 Å². The molecule has 1 aliphatic rings. The predicted molar refractivity (Wildman–Crippen MR) is 106 cm³/mol. The summed E-state index contributed by atoms with van der Waals surface area (Å²) in [5.74, 6) is -3.64. The molecule has 0 radical (unpaired) electrons. The SMILES string of the molecule is O=C(NCC1CCC(n2cc3ccc(Cl)cc3n2)CC1)c1cc(F)c(O)c(F)c1. The van der Waals surface area contributed by atoms with E-state index in [9.17, 15) is 13.6 Å². The maximum atomic E-state index is 13.4. The van der Waals surface area contributed by atoms with Gasteiger partial charge in [-0.25, -0.2) is 8.78 Å². The molecular weight excluding hydrogens is 400 g/mol. The largest absolute Gasteiger partial charge is 0.503 e. The minimum atomic E-state index is -1.15. The van der Waals surface area contributed by atoms with Gasteiger partial charge >= 0.3 is 0 Å². The normalized spacial score (nSPS) is 19.4. The van der Waals surface area contributed by atoms with Gasteiger partial charge in [0.1, 0.15) is 0 Å². The van der Waals surface area contributed by atoms with Crippen LogP contribution in [-0.4, -0.2) is 27.3 Å². The van der Waals surface area contributed by atoms with Crippen molar-refractivity contribution in [1.29, 1.82) is 0 Å². The lowest BCUT2D eigenvalue weighted by Gasteiger charge is -2.28. The highest BCUT2D eigenvalue weighted by Gasteiger charge is 2.24. The van der Waals surface area contributed by atoms with E-state index in [-0.39, 0.29) is 5.56 Å². The van der Waals surface area contributed by atoms with Crippen molar-refractivity contribution >= 4 is 28.4 Å². The van der Waals surface area contributed by atoms with Gasteiger partial charge in [0.05, 0.1) is 11.6 Å². The number of nitrogens with one attached hydrogen (secondary N) is 1. The third kappa shape index (κ3) is 4.19. The molecule has 0 atom stereocenters. The molecule has 1 saturated carbocycles. The molecule has 8 heteroatoms. The van der Waals surface area contributed by atoms with Gasteiger partial charge in [-0.3, -0.25) is 9.48 Å². The average molecular weight is 420 g/mol. The summed E-state index contributed by atoms with van der Waals surface area (Å²) in [7, 11) is 0. The van der Waals surface area contributed by atoms with Crippen LogP contribution in [0, 0.1) is 17.6 Å². The summed E-state index contributed by atoms with van der Waals surface area (Å²) in [4.78, 5) is 12.2. The molecule has 1 fully saturated rings. The molecule has 0 aliphatic heterocycles. The molecule has 1 amide bonds. The van der Waals surface area contributed by atoms with E-state index >= 15 is 0 Å². The summed E-state index contributed by atoms with van der Waals surface area (Å²) in [5, 5.41) is 18.2. The first-order valence-electron chi connectivity index (χ1n) is 9.51. The van der Waals surface area contributed by atoms with E-state index in [0.29, 0.717) is 23.5 Å². The molecule has 1 aliphatic carbocycles. The zero-order valence-corrected chi connectivity index (χ0v) is 16.3. The van der Waals surface area contributed by atoms with Crippen LogP contribution >= 0.6 is 11.6 Å². The molecule has 0 unspecified atom stereocenters. The third-order valence-electron chi connectivity index (χ3n) is 5.51. The summed E-state index contributed by atoms with van der Waals surface area (Å²) in [6, 6.07) is 7.62. The van der Waals surface area contributed by atoms with E-state index in [1.807, 2.05) is 29.1 Å². The van der Waals surface area contributed by atoms with E-state index < -0.39 is 23.3 Å². The second-order valence-electron chi connectivity index (χ2n) is 7.49. The molecule has 2 N–H and O–H groups in total. The highest BCUT2D eigenvalue weighted by atomic mass is 35.5. The van der Waals surface area contributed by atoms with Gasteiger partial charge < -0.3 is 10.4 Å². The number of aromatic nitrogens is 2. The standard InChI is InChI=1S/C21H20ClF2N3O2/c22-15-4-3-13-11-27(26-19(13)9-15)16-5-1-12(2-6-16)10-25-21(29)14-7-17(23)20(28)18(24)8-14/h3-4,7-9,11-12,16,28H,1-2,5-6,10H2,(H,25,29). The van der Waals surface area contributed by atoms with Gasteiger partial charge in [-0.1, -0.05) is 11.6 Å².